The first-order chi connectivity index (χ1) is 6.77. The predicted octanol–water partition coefficient (Wildman–Crippen LogP) is 2.21. The van der Waals surface area contributed by atoms with Crippen LogP contribution in [-0.4, -0.2) is 9.55 Å². The van der Waals surface area contributed by atoms with E-state index in [2.05, 4.69) is 4.98 Å². The minimum atomic E-state index is 0.0475. The number of halogens is 1. The molecule has 0 bridgehead atoms. The molecule has 2 aliphatic rings. The molecular formula is C10H14ClN3. The number of aromatic nitrogens is 2. The zero-order chi connectivity index (χ0) is 9.71. The van der Waals surface area contributed by atoms with E-state index in [9.17, 15) is 0 Å². The van der Waals surface area contributed by atoms with Gasteiger partial charge in [0.25, 0.3) is 0 Å². The molecule has 3 rings (SSSR count). The van der Waals surface area contributed by atoms with Crippen molar-refractivity contribution in [2.24, 2.45) is 5.73 Å². The normalized spacial score (nSPS) is 26.3. The van der Waals surface area contributed by atoms with Gasteiger partial charge in [0.1, 0.15) is 11.0 Å². The zero-order valence-electron chi connectivity index (χ0n) is 8.04. The molecule has 0 spiro atoms. The summed E-state index contributed by atoms with van der Waals surface area (Å²) in [7, 11) is 0. The summed E-state index contributed by atoms with van der Waals surface area (Å²) >= 11 is 6.29. The van der Waals surface area contributed by atoms with Crippen LogP contribution in [-0.2, 0) is 6.42 Å². The highest BCUT2D eigenvalue weighted by Crippen LogP contribution is 2.44. The summed E-state index contributed by atoms with van der Waals surface area (Å²) in [5.41, 5.74) is 7.12. The highest BCUT2D eigenvalue weighted by atomic mass is 35.5. The number of aryl methyl sites for hydroxylation is 1. The van der Waals surface area contributed by atoms with Gasteiger partial charge in [0.15, 0.2) is 0 Å². The van der Waals surface area contributed by atoms with Crippen molar-refractivity contribution in [2.75, 3.05) is 0 Å². The number of fused-ring (bicyclic) bond motifs is 1. The lowest BCUT2D eigenvalue weighted by Crippen LogP contribution is -2.24. The molecule has 1 unspecified atom stereocenters. The Morgan fingerprint density at radius 1 is 1.36 bits per heavy atom. The van der Waals surface area contributed by atoms with Gasteiger partial charge >= 0.3 is 0 Å². The maximum absolute atomic E-state index is 6.29. The summed E-state index contributed by atoms with van der Waals surface area (Å²) in [4.78, 5) is 4.61. The lowest BCUT2D eigenvalue weighted by atomic mass is 10.1. The quantitative estimate of drug-likeness (QED) is 0.774. The minimum absolute atomic E-state index is 0.0475. The molecule has 2 N–H and O–H groups in total. The van der Waals surface area contributed by atoms with Crippen LogP contribution in [0.2, 0.25) is 5.15 Å². The molecule has 76 valence electrons. The van der Waals surface area contributed by atoms with Crippen molar-refractivity contribution in [3.05, 3.63) is 16.7 Å². The van der Waals surface area contributed by atoms with E-state index in [4.69, 9.17) is 17.3 Å². The summed E-state index contributed by atoms with van der Waals surface area (Å²) < 4.78 is 2.03. The largest absolute Gasteiger partial charge is 0.311 e. The van der Waals surface area contributed by atoms with Crippen LogP contribution >= 0.6 is 11.6 Å². The van der Waals surface area contributed by atoms with E-state index in [0.717, 1.165) is 35.9 Å². The average Bonchev–Trinajstić information content (AvgIpc) is 2.93. The van der Waals surface area contributed by atoms with Gasteiger partial charge in [0, 0.05) is 12.3 Å². The highest BCUT2D eigenvalue weighted by Gasteiger charge is 2.32. The molecule has 0 amide bonds. The fourth-order valence-corrected chi connectivity index (χ4v) is 2.62. The first-order valence-electron chi connectivity index (χ1n) is 5.29. The van der Waals surface area contributed by atoms with Crippen LogP contribution in [0.5, 0.6) is 0 Å². The van der Waals surface area contributed by atoms with Gasteiger partial charge in [-0.25, -0.2) is 4.98 Å². The van der Waals surface area contributed by atoms with Crippen LogP contribution in [0.3, 0.4) is 0 Å². The highest BCUT2D eigenvalue weighted by molar-refractivity contribution is 6.30. The molecule has 1 aliphatic carbocycles. The second-order valence-corrected chi connectivity index (χ2v) is 4.67. The van der Waals surface area contributed by atoms with E-state index < -0.39 is 0 Å². The van der Waals surface area contributed by atoms with E-state index >= 15 is 0 Å². The van der Waals surface area contributed by atoms with Crippen LogP contribution in [0.4, 0.5) is 0 Å². The Hall–Kier alpha value is -0.540. The Balaban J connectivity index is 2.09. The van der Waals surface area contributed by atoms with Gasteiger partial charge in [-0.2, -0.15) is 0 Å². The summed E-state index contributed by atoms with van der Waals surface area (Å²) in [5, 5.41) is 0.801. The number of imidazole rings is 1. The molecule has 2 heterocycles. The summed E-state index contributed by atoms with van der Waals surface area (Å²) in [6.07, 6.45) is 5.72. The number of hydrogen-bond acceptors (Lipinski definition) is 2. The van der Waals surface area contributed by atoms with Crippen LogP contribution in [0.1, 0.15) is 49.3 Å². The van der Waals surface area contributed by atoms with Gasteiger partial charge in [0.05, 0.1) is 11.9 Å². The van der Waals surface area contributed by atoms with Gasteiger partial charge < -0.3 is 10.3 Å². The van der Waals surface area contributed by atoms with Gasteiger partial charge in [-0.15, -0.1) is 0 Å². The molecule has 0 saturated heterocycles. The van der Waals surface area contributed by atoms with Gasteiger partial charge in [-0.1, -0.05) is 11.6 Å². The van der Waals surface area contributed by atoms with E-state index in [-0.39, 0.29) is 6.17 Å². The number of nitrogens with two attached hydrogens (primary N) is 1. The monoisotopic (exact) mass is 211 g/mol. The van der Waals surface area contributed by atoms with E-state index in [1.165, 1.54) is 12.8 Å². The van der Waals surface area contributed by atoms with Crippen LogP contribution in [0, 0.1) is 0 Å². The van der Waals surface area contributed by atoms with Crippen molar-refractivity contribution in [3.8, 4) is 0 Å². The molecule has 3 nitrogen and oxygen atoms in total. The van der Waals surface area contributed by atoms with Gasteiger partial charge in [0.2, 0.25) is 0 Å². The molecule has 0 aromatic carbocycles. The summed E-state index contributed by atoms with van der Waals surface area (Å²) in [5.74, 6) is 1.71. The third-order valence-electron chi connectivity index (χ3n) is 3.15. The molecule has 1 saturated carbocycles. The molecule has 4 heteroatoms. The van der Waals surface area contributed by atoms with Crippen molar-refractivity contribution in [1.29, 1.82) is 0 Å². The van der Waals surface area contributed by atoms with Crippen LogP contribution in [0.25, 0.3) is 0 Å². The fourth-order valence-electron chi connectivity index (χ4n) is 2.20. The molecule has 1 aromatic rings. The Morgan fingerprint density at radius 3 is 2.79 bits per heavy atom. The maximum Gasteiger partial charge on any atom is 0.133 e. The SMILES string of the molecule is NC1CCCc2nc(C3CC3)c(Cl)n21. The van der Waals surface area contributed by atoms with Crippen molar-refractivity contribution >= 4 is 11.6 Å². The first-order valence-corrected chi connectivity index (χ1v) is 5.67. The van der Waals surface area contributed by atoms with Crippen LogP contribution < -0.4 is 5.73 Å². The number of nitrogens with zero attached hydrogens (tertiary/aromatic N) is 2. The lowest BCUT2D eigenvalue weighted by Gasteiger charge is -2.21. The minimum Gasteiger partial charge on any atom is -0.311 e. The molecular weight excluding hydrogens is 198 g/mol. The number of rotatable bonds is 1. The Labute approximate surface area is 88.3 Å². The third-order valence-corrected chi connectivity index (χ3v) is 3.52. The summed E-state index contributed by atoms with van der Waals surface area (Å²) in [6, 6.07) is 0. The Kier molecular flexibility index (Phi) is 1.86. The standard InChI is InChI=1S/C10H14ClN3/c11-10-9(6-4-5-6)13-8-3-1-2-7(12)14(8)10/h6-7H,1-5,12H2. The molecule has 1 atom stereocenters. The number of hydrogen-bond donors (Lipinski definition) is 1. The molecule has 0 radical (unpaired) electrons. The van der Waals surface area contributed by atoms with Crippen molar-refractivity contribution < 1.29 is 0 Å². The third kappa shape index (κ3) is 1.19. The first kappa shape index (κ1) is 8.74. The lowest BCUT2D eigenvalue weighted by molar-refractivity contribution is 0.409. The zero-order valence-corrected chi connectivity index (χ0v) is 8.80. The van der Waals surface area contributed by atoms with Crippen LogP contribution in [0.15, 0.2) is 0 Å². The summed E-state index contributed by atoms with van der Waals surface area (Å²) in [6.45, 7) is 0. The Morgan fingerprint density at radius 2 is 2.14 bits per heavy atom. The van der Waals surface area contributed by atoms with Crippen molar-refractivity contribution in [1.82, 2.24) is 9.55 Å². The Bertz CT molecular complexity index is 368. The molecule has 14 heavy (non-hydrogen) atoms. The second-order valence-electron chi connectivity index (χ2n) is 4.31. The van der Waals surface area contributed by atoms with Gasteiger partial charge in [-0.05, 0) is 25.7 Å². The van der Waals surface area contributed by atoms with Gasteiger partial charge in [-0.3, -0.25) is 0 Å². The average molecular weight is 212 g/mol. The topological polar surface area (TPSA) is 43.8 Å². The van der Waals surface area contributed by atoms with E-state index in [1.54, 1.807) is 0 Å². The van der Waals surface area contributed by atoms with E-state index in [0.29, 0.717) is 5.92 Å². The molecule has 1 aromatic heterocycles. The van der Waals surface area contributed by atoms with Crippen molar-refractivity contribution in [2.45, 2.75) is 44.2 Å². The fraction of sp³-hybridized carbons (Fsp3) is 0.700. The maximum atomic E-state index is 6.29. The molecule has 1 fully saturated rings. The predicted molar refractivity (Wildman–Crippen MR) is 55.4 cm³/mol. The smallest absolute Gasteiger partial charge is 0.133 e. The van der Waals surface area contributed by atoms with E-state index in [1.807, 2.05) is 4.57 Å². The molecule has 1 aliphatic heterocycles. The van der Waals surface area contributed by atoms with Crippen molar-refractivity contribution in [3.63, 3.8) is 0 Å². The second kappa shape index (κ2) is 2.97.